The Hall–Kier alpha value is 2.36. The maximum atomic E-state index is 4.76. The van der Waals surface area contributed by atoms with Gasteiger partial charge in [0.1, 0.15) is 0 Å². The molecule has 0 aliphatic rings. The van der Waals surface area contributed by atoms with Crippen LogP contribution in [0, 0.1) is 0 Å². The van der Waals surface area contributed by atoms with E-state index in [2.05, 4.69) is 74.5 Å². The molecule has 0 atom stereocenters. The van der Waals surface area contributed by atoms with Crippen LogP contribution in [-0.2, 0) is 90.4 Å². The van der Waals surface area contributed by atoms with Gasteiger partial charge < -0.3 is 149 Å². The van der Waals surface area contributed by atoms with E-state index in [1.165, 1.54) is 0 Å². The summed E-state index contributed by atoms with van der Waals surface area (Å²) >= 11 is 46.4. The molecule has 0 N–H and O–H groups in total. The Morgan fingerprint density at radius 1 is 0.444 bits per heavy atom. The quantitative estimate of drug-likeness (QED) is 0.234. The first-order valence-corrected chi connectivity index (χ1v) is 14.0. The maximum absolute atomic E-state index is 4.76. The molecular weight excluding hydrogens is 940 g/mol. The van der Waals surface area contributed by atoms with E-state index in [1.54, 1.807) is 14.7 Å². The molecule has 5 nitrogen and oxygen atoms in total. The zero-order valence-corrected chi connectivity index (χ0v) is 38.5. The van der Waals surface area contributed by atoms with Gasteiger partial charge in [0.15, 0.2) is 0 Å². The Kier molecular flexibility index (Phi) is 56.5. The molecule has 0 amide bonds. The SMILES string of the molecule is CCN(CC)C(=S)[S-].CCN(CC)C(=S)[S-].CN(C)C(=S)[S-].CN(C)C(=S)[S-].CN(C)C(=S)[S-].[Bi+3].[Cd+2]. The van der Waals surface area contributed by atoms with Crippen LogP contribution >= 0.6 is 61.1 Å². The monoisotopic (exact) mass is 979 g/mol. The Morgan fingerprint density at radius 2 is 0.556 bits per heavy atom. The van der Waals surface area contributed by atoms with Crippen molar-refractivity contribution >= 4 is 172 Å². The van der Waals surface area contributed by atoms with E-state index in [1.807, 2.05) is 79.8 Å². The van der Waals surface area contributed by atoms with Gasteiger partial charge >= 0.3 is 53.5 Å². The van der Waals surface area contributed by atoms with Crippen LogP contribution in [0.5, 0.6) is 0 Å². The average Bonchev–Trinajstić information content (AvgIpc) is 2.71. The summed E-state index contributed by atoms with van der Waals surface area (Å²) in [5.74, 6) is 0. The second-order valence-corrected chi connectivity index (χ2v) is 11.5. The third kappa shape index (κ3) is 49.3. The molecule has 0 saturated heterocycles. The molecule has 0 heterocycles. The molecule has 0 unspecified atom stereocenters. The molecular formula is C19H38BiCdN5S10. The predicted octanol–water partition coefficient (Wildman–Crippen LogP) is 3.08. The summed E-state index contributed by atoms with van der Waals surface area (Å²) < 4.78 is 2.69. The van der Waals surface area contributed by atoms with Crippen molar-refractivity contribution < 1.29 is 27.3 Å². The summed E-state index contributed by atoms with van der Waals surface area (Å²) in [5.41, 5.74) is 0. The molecule has 0 aromatic rings. The molecule has 0 saturated carbocycles. The van der Waals surface area contributed by atoms with E-state index >= 15 is 0 Å². The largest absolute Gasteiger partial charge is 3.00 e. The number of nitrogens with zero attached hydrogens (tertiary/aromatic N) is 5. The van der Waals surface area contributed by atoms with Gasteiger partial charge in [-0.25, -0.2) is 0 Å². The van der Waals surface area contributed by atoms with E-state index in [0.717, 1.165) is 26.2 Å². The first kappa shape index (κ1) is 54.4. The Bertz CT molecular complexity index is 512. The van der Waals surface area contributed by atoms with Crippen molar-refractivity contribution in [2.24, 2.45) is 0 Å². The van der Waals surface area contributed by atoms with Crippen LogP contribution in [-0.4, -0.2) is 141 Å². The van der Waals surface area contributed by atoms with Gasteiger partial charge in [0.2, 0.25) is 0 Å². The number of hydrogen-bond donors (Lipinski definition) is 0. The minimum absolute atomic E-state index is 0. The first-order valence-electron chi connectivity index (χ1n) is 9.94. The van der Waals surface area contributed by atoms with E-state index in [-0.39, 0.29) is 53.5 Å². The fraction of sp³-hybridized carbons (Fsp3) is 0.737. The van der Waals surface area contributed by atoms with E-state index in [0.29, 0.717) is 21.6 Å². The zero-order valence-electron chi connectivity index (χ0n) is 22.8. The standard InChI is InChI=1S/2C5H11NS2.3C3H7NS2.Bi.Cd/c2*1-3-6(4-2)5(7)8;3*1-4(2)3(5)6;;/h2*3-4H2,1-2H3,(H,7,8);3*1-2H3,(H,5,6);;/q;;;;;+3;+2/p-5. The molecule has 0 aliphatic heterocycles. The van der Waals surface area contributed by atoms with Crippen LogP contribution in [0.3, 0.4) is 0 Å². The molecule has 0 rings (SSSR count). The molecule has 36 heavy (non-hydrogen) atoms. The van der Waals surface area contributed by atoms with Gasteiger partial charge in [-0.3, -0.25) is 0 Å². The fourth-order valence-electron chi connectivity index (χ4n) is 0.964. The van der Waals surface area contributed by atoms with Gasteiger partial charge in [0, 0.05) is 68.5 Å². The van der Waals surface area contributed by atoms with Gasteiger partial charge in [-0.05, 0) is 27.7 Å². The summed E-state index contributed by atoms with van der Waals surface area (Å²) in [5, 5.41) is 0. The minimum atomic E-state index is 0. The molecule has 0 aliphatic carbocycles. The molecule has 0 aromatic carbocycles. The van der Waals surface area contributed by atoms with Crippen molar-refractivity contribution in [2.45, 2.75) is 27.7 Å². The molecule has 0 bridgehead atoms. The minimum Gasteiger partial charge on any atom is -0.411 e. The smallest absolute Gasteiger partial charge is 0.411 e. The third-order valence-electron chi connectivity index (χ3n) is 3.14. The van der Waals surface area contributed by atoms with Crippen molar-refractivity contribution in [3.63, 3.8) is 0 Å². The molecule has 0 spiro atoms. The van der Waals surface area contributed by atoms with Gasteiger partial charge in [-0.1, -0.05) is 21.6 Å². The maximum Gasteiger partial charge on any atom is 3.00 e. The summed E-state index contributed by atoms with van der Waals surface area (Å²) in [6, 6.07) is 0. The average molecular weight is 979 g/mol. The molecule has 17 heteroatoms. The van der Waals surface area contributed by atoms with Crippen LogP contribution in [0.1, 0.15) is 27.7 Å². The normalized spacial score (nSPS) is 7.72. The van der Waals surface area contributed by atoms with Gasteiger partial charge in [-0.2, -0.15) is 0 Å². The predicted molar refractivity (Wildman–Crippen MR) is 192 cm³/mol. The van der Waals surface area contributed by atoms with Crippen molar-refractivity contribution in [3.8, 4) is 0 Å². The summed E-state index contributed by atoms with van der Waals surface area (Å²) in [4.78, 5) is 9.06. The van der Waals surface area contributed by atoms with Crippen molar-refractivity contribution in [2.75, 3.05) is 68.5 Å². The van der Waals surface area contributed by atoms with E-state index in [4.69, 9.17) is 49.7 Å². The Labute approximate surface area is 315 Å². The van der Waals surface area contributed by atoms with Crippen LogP contribution in [0.25, 0.3) is 0 Å². The van der Waals surface area contributed by atoms with Gasteiger partial charge in [-0.15, -0.1) is 0 Å². The Morgan fingerprint density at radius 3 is 0.556 bits per heavy atom. The second-order valence-electron chi connectivity index (χ2n) is 6.36. The first-order chi connectivity index (χ1) is 15.4. The number of thiocarbonyl (C=S) groups is 5. The number of rotatable bonds is 4. The molecule has 0 aromatic heterocycles. The summed E-state index contributed by atoms with van der Waals surface area (Å²) in [7, 11) is 11.0. The molecule has 206 valence electrons. The van der Waals surface area contributed by atoms with Crippen LogP contribution < -0.4 is 0 Å². The van der Waals surface area contributed by atoms with Crippen LogP contribution in [0.15, 0.2) is 0 Å². The van der Waals surface area contributed by atoms with E-state index < -0.39 is 0 Å². The summed E-state index contributed by atoms with van der Waals surface area (Å²) in [6.45, 7) is 11.9. The second kappa shape index (κ2) is 37.4. The van der Waals surface area contributed by atoms with Crippen LogP contribution in [0.4, 0.5) is 0 Å². The molecule has 2 radical (unpaired) electrons. The summed E-state index contributed by atoms with van der Waals surface area (Å²) in [6.07, 6.45) is 0. The third-order valence-corrected chi connectivity index (χ3v) is 6.36. The molecule has 0 fully saturated rings. The van der Waals surface area contributed by atoms with Gasteiger partial charge in [0.25, 0.3) is 0 Å². The van der Waals surface area contributed by atoms with Crippen LogP contribution in [0.2, 0.25) is 0 Å². The Balaban J connectivity index is -0.0000000580. The fourth-order valence-corrected chi connectivity index (χ4v) is 2.00. The van der Waals surface area contributed by atoms with Crippen molar-refractivity contribution in [1.29, 1.82) is 0 Å². The van der Waals surface area contributed by atoms with Crippen molar-refractivity contribution in [1.82, 2.24) is 24.5 Å². The topological polar surface area (TPSA) is 16.2 Å². The van der Waals surface area contributed by atoms with Gasteiger partial charge in [0.05, 0.1) is 0 Å². The van der Waals surface area contributed by atoms with E-state index in [9.17, 15) is 0 Å². The van der Waals surface area contributed by atoms with Crippen molar-refractivity contribution in [3.05, 3.63) is 0 Å². The number of hydrogen-bond acceptors (Lipinski definition) is 10. The zero-order chi connectivity index (χ0) is 28.6.